The molecular weight excluding hydrogens is 416 g/mol. The SMILES string of the molecule is CC(=O)c1c(C2C[C@H]3CC[C@@H](C2)N3)nc2c(-c3ccc(-c4ccn(C)n4)nc3)cnn2c1N. The molecule has 4 aromatic heterocycles. The highest BCUT2D eigenvalue weighted by molar-refractivity contribution is 6.00. The van der Waals surface area contributed by atoms with Gasteiger partial charge in [-0.2, -0.15) is 14.7 Å². The second-order valence-electron chi connectivity index (χ2n) is 9.22. The molecule has 3 atom stereocenters. The van der Waals surface area contributed by atoms with Crippen LogP contribution in [0.5, 0.6) is 0 Å². The first-order valence-corrected chi connectivity index (χ1v) is 11.4. The molecule has 0 aliphatic carbocycles. The Bertz CT molecular complexity index is 1360. The van der Waals surface area contributed by atoms with Gasteiger partial charge in [0.25, 0.3) is 0 Å². The second-order valence-corrected chi connectivity index (χ2v) is 9.22. The molecule has 2 aliphatic rings. The minimum absolute atomic E-state index is 0.0683. The number of aryl methyl sites for hydroxylation is 1. The van der Waals surface area contributed by atoms with Crippen LogP contribution in [0, 0.1) is 0 Å². The van der Waals surface area contributed by atoms with E-state index in [-0.39, 0.29) is 11.7 Å². The normalized spacial score (nSPS) is 22.2. The predicted molar refractivity (Wildman–Crippen MR) is 125 cm³/mol. The van der Waals surface area contributed by atoms with E-state index in [4.69, 9.17) is 10.7 Å². The first kappa shape index (κ1) is 20.0. The second kappa shape index (κ2) is 7.48. The summed E-state index contributed by atoms with van der Waals surface area (Å²) in [4.78, 5) is 22.2. The van der Waals surface area contributed by atoms with Crippen LogP contribution in [0.4, 0.5) is 5.82 Å². The van der Waals surface area contributed by atoms with Gasteiger partial charge in [0.1, 0.15) is 11.5 Å². The first-order valence-electron chi connectivity index (χ1n) is 11.4. The van der Waals surface area contributed by atoms with Crippen molar-refractivity contribution >= 4 is 17.2 Å². The Morgan fingerprint density at radius 3 is 2.55 bits per heavy atom. The van der Waals surface area contributed by atoms with Crippen molar-refractivity contribution in [2.45, 2.75) is 50.6 Å². The molecule has 2 bridgehead atoms. The zero-order valence-electron chi connectivity index (χ0n) is 18.7. The third kappa shape index (κ3) is 3.31. The minimum atomic E-state index is -0.0683. The summed E-state index contributed by atoms with van der Waals surface area (Å²) >= 11 is 0. The summed E-state index contributed by atoms with van der Waals surface area (Å²) < 4.78 is 3.34. The number of pyridine rings is 1. The Hall–Kier alpha value is -3.59. The topological polar surface area (TPSA) is 116 Å². The van der Waals surface area contributed by atoms with Crippen LogP contribution in [0.15, 0.2) is 36.8 Å². The monoisotopic (exact) mass is 442 g/mol. The average molecular weight is 443 g/mol. The molecule has 0 aromatic carbocycles. The molecule has 9 heteroatoms. The maximum atomic E-state index is 12.6. The van der Waals surface area contributed by atoms with Gasteiger partial charge in [-0.1, -0.05) is 6.07 Å². The molecule has 0 amide bonds. The van der Waals surface area contributed by atoms with Gasteiger partial charge in [0.2, 0.25) is 0 Å². The zero-order chi connectivity index (χ0) is 22.7. The number of nitrogens with two attached hydrogens (primary N) is 1. The molecule has 2 fully saturated rings. The summed E-state index contributed by atoms with van der Waals surface area (Å²) in [6, 6.07) is 6.84. The molecule has 3 N–H and O–H groups in total. The van der Waals surface area contributed by atoms with Crippen LogP contribution in [0.3, 0.4) is 0 Å². The molecule has 4 aromatic rings. The van der Waals surface area contributed by atoms with Gasteiger partial charge < -0.3 is 11.1 Å². The molecule has 168 valence electrons. The van der Waals surface area contributed by atoms with Crippen LogP contribution < -0.4 is 11.1 Å². The maximum Gasteiger partial charge on any atom is 0.165 e. The number of hydrogen-bond acceptors (Lipinski definition) is 7. The number of fused-ring (bicyclic) bond motifs is 3. The third-order valence-electron chi connectivity index (χ3n) is 6.97. The Kier molecular flexibility index (Phi) is 4.55. The van der Waals surface area contributed by atoms with Gasteiger partial charge in [-0.25, -0.2) is 4.98 Å². The fraction of sp³-hybridized carbons (Fsp3) is 0.375. The molecule has 9 nitrogen and oxygen atoms in total. The van der Waals surface area contributed by atoms with Crippen molar-refractivity contribution in [1.82, 2.24) is 34.7 Å². The number of carbonyl (C=O) groups excluding carboxylic acids is 1. The summed E-state index contributed by atoms with van der Waals surface area (Å²) in [6.45, 7) is 1.56. The third-order valence-corrected chi connectivity index (χ3v) is 6.97. The largest absolute Gasteiger partial charge is 0.383 e. The summed E-state index contributed by atoms with van der Waals surface area (Å²) in [5.74, 6) is 0.501. The first-order chi connectivity index (χ1) is 16.0. The van der Waals surface area contributed by atoms with E-state index >= 15 is 0 Å². The summed E-state index contributed by atoms with van der Waals surface area (Å²) in [5.41, 5.74) is 11.8. The number of Topliss-reactive ketones (excluding diaryl/α,β-unsaturated/α-hetero) is 1. The van der Waals surface area contributed by atoms with E-state index in [0.717, 1.165) is 41.1 Å². The van der Waals surface area contributed by atoms with E-state index in [1.54, 1.807) is 22.3 Å². The minimum Gasteiger partial charge on any atom is -0.383 e. The molecule has 0 saturated carbocycles. The molecule has 2 aliphatic heterocycles. The number of aromatic nitrogens is 6. The number of nitrogens with one attached hydrogen (secondary N) is 1. The average Bonchev–Trinajstić information content (AvgIpc) is 3.52. The fourth-order valence-corrected chi connectivity index (χ4v) is 5.43. The summed E-state index contributed by atoms with van der Waals surface area (Å²) in [6.07, 6.45) is 9.76. The van der Waals surface area contributed by atoms with E-state index in [0.29, 0.717) is 29.1 Å². The van der Waals surface area contributed by atoms with Crippen LogP contribution >= 0.6 is 0 Å². The molecular formula is C24H26N8O. The van der Waals surface area contributed by atoms with Gasteiger partial charge in [-0.15, -0.1) is 0 Å². The van der Waals surface area contributed by atoms with E-state index < -0.39 is 0 Å². The summed E-state index contributed by atoms with van der Waals surface area (Å²) in [7, 11) is 1.88. The van der Waals surface area contributed by atoms with Crippen LogP contribution in [-0.2, 0) is 7.05 Å². The number of hydrogen-bond donors (Lipinski definition) is 2. The number of nitrogen functional groups attached to an aromatic ring is 1. The Morgan fingerprint density at radius 2 is 1.91 bits per heavy atom. The number of piperidine rings is 1. The molecule has 0 radical (unpaired) electrons. The van der Waals surface area contributed by atoms with Crippen molar-refractivity contribution in [1.29, 1.82) is 0 Å². The van der Waals surface area contributed by atoms with E-state index in [9.17, 15) is 4.79 Å². The highest BCUT2D eigenvalue weighted by Crippen LogP contribution is 2.40. The fourth-order valence-electron chi connectivity index (χ4n) is 5.43. The van der Waals surface area contributed by atoms with Gasteiger partial charge in [-0.05, 0) is 44.7 Å². The Balaban J connectivity index is 1.45. The lowest BCUT2D eigenvalue weighted by Crippen LogP contribution is -2.38. The Labute approximate surface area is 191 Å². The van der Waals surface area contributed by atoms with E-state index in [1.807, 2.05) is 37.6 Å². The number of ketones is 1. The lowest BCUT2D eigenvalue weighted by Gasteiger charge is -2.30. The highest BCUT2D eigenvalue weighted by atomic mass is 16.1. The van der Waals surface area contributed by atoms with Crippen molar-refractivity contribution in [3.05, 3.63) is 48.0 Å². The van der Waals surface area contributed by atoms with Crippen molar-refractivity contribution in [2.24, 2.45) is 7.05 Å². The smallest absolute Gasteiger partial charge is 0.165 e. The molecule has 0 spiro atoms. The summed E-state index contributed by atoms with van der Waals surface area (Å²) in [5, 5.41) is 12.6. The number of anilines is 1. The maximum absolute atomic E-state index is 12.6. The predicted octanol–water partition coefficient (Wildman–Crippen LogP) is 2.97. The molecule has 2 saturated heterocycles. The number of carbonyl (C=O) groups is 1. The number of rotatable bonds is 4. The van der Waals surface area contributed by atoms with Crippen LogP contribution in [-0.4, -0.2) is 47.2 Å². The Morgan fingerprint density at radius 1 is 1.12 bits per heavy atom. The number of nitrogens with zero attached hydrogens (tertiary/aromatic N) is 6. The van der Waals surface area contributed by atoms with Gasteiger partial charge in [0, 0.05) is 48.6 Å². The molecule has 33 heavy (non-hydrogen) atoms. The van der Waals surface area contributed by atoms with Gasteiger partial charge in [0.15, 0.2) is 11.4 Å². The molecule has 6 heterocycles. The van der Waals surface area contributed by atoms with Crippen molar-refractivity contribution < 1.29 is 4.79 Å². The van der Waals surface area contributed by atoms with Gasteiger partial charge in [-0.3, -0.25) is 14.5 Å². The van der Waals surface area contributed by atoms with Crippen molar-refractivity contribution in [2.75, 3.05) is 5.73 Å². The lowest BCUT2D eigenvalue weighted by atomic mass is 9.86. The lowest BCUT2D eigenvalue weighted by molar-refractivity contribution is 0.101. The van der Waals surface area contributed by atoms with Crippen LogP contribution in [0.1, 0.15) is 54.6 Å². The standard InChI is InChI=1S/C24H26N8O/c1-13(33)21-22(15-9-16-4-5-17(10-15)28-16)29-24-18(12-27-32(24)23(21)25)14-3-6-19(26-11-14)20-7-8-31(2)30-20/h3,6-8,11-12,15-17,28H,4-5,9-10,25H2,1-2H3/t15?,16-,17+. The van der Waals surface area contributed by atoms with Crippen LogP contribution in [0.2, 0.25) is 0 Å². The van der Waals surface area contributed by atoms with Crippen LogP contribution in [0.25, 0.3) is 28.2 Å². The zero-order valence-corrected chi connectivity index (χ0v) is 18.7. The van der Waals surface area contributed by atoms with Crippen molar-refractivity contribution in [3.63, 3.8) is 0 Å². The van der Waals surface area contributed by atoms with E-state index in [2.05, 4.69) is 20.5 Å². The molecule has 6 rings (SSSR count). The quantitative estimate of drug-likeness (QED) is 0.467. The van der Waals surface area contributed by atoms with Gasteiger partial charge in [0.05, 0.1) is 23.1 Å². The molecule has 1 unspecified atom stereocenters. The van der Waals surface area contributed by atoms with Gasteiger partial charge >= 0.3 is 0 Å². The van der Waals surface area contributed by atoms with Crippen molar-refractivity contribution in [3.8, 4) is 22.5 Å². The van der Waals surface area contributed by atoms with E-state index in [1.165, 1.54) is 12.8 Å². The highest BCUT2D eigenvalue weighted by Gasteiger charge is 2.37.